The van der Waals surface area contributed by atoms with Gasteiger partial charge in [0.25, 0.3) is 0 Å². The smallest absolute Gasteiger partial charge is 0.246 e. The Morgan fingerprint density at radius 1 is 1.38 bits per heavy atom. The van der Waals surface area contributed by atoms with Crippen molar-refractivity contribution >= 4 is 0 Å². The molecule has 0 bridgehead atoms. The first kappa shape index (κ1) is 7.79. The summed E-state index contributed by atoms with van der Waals surface area (Å²) in [4.78, 5) is 0. The minimum absolute atomic E-state index is 0.968. The van der Waals surface area contributed by atoms with E-state index < -0.39 is 18.5 Å². The van der Waals surface area contributed by atoms with Gasteiger partial charge in [-0.2, -0.15) is 0 Å². The van der Waals surface area contributed by atoms with Crippen molar-refractivity contribution in [3.05, 3.63) is 0 Å². The van der Waals surface area contributed by atoms with E-state index in [4.69, 9.17) is 0 Å². The predicted molar refractivity (Wildman–Crippen MR) is 25.8 cm³/mol. The van der Waals surface area contributed by atoms with Crippen LogP contribution in [-0.2, 0) is 0 Å². The van der Waals surface area contributed by atoms with Gasteiger partial charge in [-0.25, -0.2) is 8.78 Å². The van der Waals surface area contributed by atoms with Crippen LogP contribution in [0.2, 0.25) is 0 Å². The van der Waals surface area contributed by atoms with E-state index in [1.165, 1.54) is 13.8 Å². The van der Waals surface area contributed by atoms with Crippen molar-refractivity contribution in [2.24, 2.45) is 5.41 Å². The second-order valence-electron chi connectivity index (χ2n) is 2.42. The fourth-order valence-corrected chi connectivity index (χ4v) is 0.0583. The van der Waals surface area contributed by atoms with Crippen molar-refractivity contribution in [3.63, 3.8) is 0 Å². The second-order valence-corrected chi connectivity index (χ2v) is 2.42. The number of rotatable bonds is 2. The minimum atomic E-state index is -2.56. The van der Waals surface area contributed by atoms with Crippen LogP contribution < -0.4 is 0 Å². The van der Waals surface area contributed by atoms with E-state index in [0.717, 1.165) is 0 Å². The van der Waals surface area contributed by atoms with Crippen molar-refractivity contribution < 1.29 is 13.2 Å². The standard InChI is InChI=1S/C5H9F3/c1-5(2,3-6)4(7)8/h4H,3H2,1-2H3. The van der Waals surface area contributed by atoms with Crippen LogP contribution in [-0.4, -0.2) is 13.1 Å². The Bertz CT molecular complexity index is 68.1. The fraction of sp³-hybridized carbons (Fsp3) is 1.00. The number of halogens is 3. The Labute approximate surface area is 46.7 Å². The SMILES string of the molecule is CC(C)(CF)C(F)F. The maximum atomic E-state index is 11.6. The molecule has 8 heavy (non-hydrogen) atoms. The van der Waals surface area contributed by atoms with E-state index in [2.05, 4.69) is 0 Å². The van der Waals surface area contributed by atoms with Crippen LogP contribution in [0.3, 0.4) is 0 Å². The van der Waals surface area contributed by atoms with Gasteiger partial charge in [-0.1, -0.05) is 13.8 Å². The highest BCUT2D eigenvalue weighted by Crippen LogP contribution is 2.24. The third-order valence-electron chi connectivity index (χ3n) is 0.935. The number of alkyl halides is 3. The van der Waals surface area contributed by atoms with Crippen LogP contribution >= 0.6 is 0 Å². The number of hydrogen-bond acceptors (Lipinski definition) is 0. The Hall–Kier alpha value is -0.210. The highest BCUT2D eigenvalue weighted by atomic mass is 19.3. The normalized spacial score (nSPS) is 12.8. The van der Waals surface area contributed by atoms with Crippen LogP contribution in [0.25, 0.3) is 0 Å². The van der Waals surface area contributed by atoms with E-state index in [1.807, 2.05) is 0 Å². The van der Waals surface area contributed by atoms with Gasteiger partial charge in [0.1, 0.15) is 0 Å². The quantitative estimate of drug-likeness (QED) is 0.532. The largest absolute Gasteiger partial charge is 0.250 e. The molecule has 0 atom stereocenters. The van der Waals surface area contributed by atoms with Gasteiger partial charge in [-0.05, 0) is 0 Å². The van der Waals surface area contributed by atoms with Crippen molar-refractivity contribution in [1.29, 1.82) is 0 Å². The molecule has 0 aliphatic carbocycles. The molecule has 0 N–H and O–H groups in total. The molecule has 0 aromatic heterocycles. The maximum absolute atomic E-state index is 11.6. The Balaban J connectivity index is 3.71. The third kappa shape index (κ3) is 1.72. The summed E-state index contributed by atoms with van der Waals surface area (Å²) in [6.45, 7) is 1.42. The van der Waals surface area contributed by atoms with Crippen LogP contribution in [0.4, 0.5) is 13.2 Å². The highest BCUT2D eigenvalue weighted by Gasteiger charge is 2.28. The zero-order valence-corrected chi connectivity index (χ0v) is 4.92. The average molecular weight is 126 g/mol. The van der Waals surface area contributed by atoms with E-state index in [-0.39, 0.29) is 0 Å². The molecule has 0 aromatic rings. The van der Waals surface area contributed by atoms with Gasteiger partial charge in [0.05, 0.1) is 12.1 Å². The van der Waals surface area contributed by atoms with Crippen LogP contribution in [0, 0.1) is 5.41 Å². The van der Waals surface area contributed by atoms with Crippen LogP contribution in [0.1, 0.15) is 13.8 Å². The molecule has 0 heterocycles. The van der Waals surface area contributed by atoms with Gasteiger partial charge in [-0.15, -0.1) is 0 Å². The topological polar surface area (TPSA) is 0 Å². The molecule has 0 spiro atoms. The number of hydrogen-bond donors (Lipinski definition) is 0. The summed E-state index contributed by atoms with van der Waals surface area (Å²) >= 11 is 0. The lowest BCUT2D eigenvalue weighted by Crippen LogP contribution is -2.23. The van der Waals surface area contributed by atoms with Crippen LogP contribution in [0.15, 0.2) is 0 Å². The Kier molecular flexibility index (Phi) is 2.31. The lowest BCUT2D eigenvalue weighted by Gasteiger charge is -2.17. The lowest BCUT2D eigenvalue weighted by molar-refractivity contribution is 0.00390. The maximum Gasteiger partial charge on any atom is 0.246 e. The fourth-order valence-electron chi connectivity index (χ4n) is 0.0583. The van der Waals surface area contributed by atoms with Gasteiger partial charge in [-0.3, -0.25) is 4.39 Å². The summed E-state index contributed by atoms with van der Waals surface area (Å²) < 4.78 is 34.7. The monoisotopic (exact) mass is 126 g/mol. The van der Waals surface area contributed by atoms with Crippen molar-refractivity contribution in [3.8, 4) is 0 Å². The first-order valence-corrected chi connectivity index (χ1v) is 2.35. The molecule has 0 rings (SSSR count). The molecule has 0 unspecified atom stereocenters. The third-order valence-corrected chi connectivity index (χ3v) is 0.935. The molecule has 0 radical (unpaired) electrons. The van der Waals surface area contributed by atoms with Gasteiger partial charge in [0, 0.05) is 0 Å². The summed E-state index contributed by atoms with van der Waals surface area (Å²) in [5.41, 5.74) is -1.46. The Morgan fingerprint density at radius 2 is 1.75 bits per heavy atom. The predicted octanol–water partition coefficient (Wildman–Crippen LogP) is 2.25. The summed E-state index contributed by atoms with van der Waals surface area (Å²) in [6, 6.07) is 0. The summed E-state index contributed by atoms with van der Waals surface area (Å²) in [6.07, 6.45) is -2.56. The van der Waals surface area contributed by atoms with E-state index in [0.29, 0.717) is 0 Å². The van der Waals surface area contributed by atoms with Crippen molar-refractivity contribution in [2.45, 2.75) is 20.3 Å². The van der Waals surface area contributed by atoms with E-state index in [9.17, 15) is 13.2 Å². The zero-order valence-electron chi connectivity index (χ0n) is 4.92. The van der Waals surface area contributed by atoms with E-state index >= 15 is 0 Å². The minimum Gasteiger partial charge on any atom is -0.250 e. The average Bonchev–Trinajstić information content (AvgIpc) is 1.67. The van der Waals surface area contributed by atoms with Gasteiger partial charge in [0.15, 0.2) is 0 Å². The van der Waals surface area contributed by atoms with Crippen molar-refractivity contribution in [2.75, 3.05) is 6.67 Å². The molecule has 50 valence electrons. The first-order chi connectivity index (χ1) is 3.50. The lowest BCUT2D eigenvalue weighted by atomic mass is 9.97. The summed E-state index contributed by atoms with van der Waals surface area (Å²) in [7, 11) is 0. The molecule has 0 aliphatic rings. The summed E-state index contributed by atoms with van der Waals surface area (Å²) in [5, 5.41) is 0. The molecule has 3 heteroatoms. The second kappa shape index (κ2) is 2.37. The van der Waals surface area contributed by atoms with Crippen LogP contribution in [0.5, 0.6) is 0 Å². The van der Waals surface area contributed by atoms with Crippen molar-refractivity contribution in [1.82, 2.24) is 0 Å². The first-order valence-electron chi connectivity index (χ1n) is 2.35. The van der Waals surface area contributed by atoms with Gasteiger partial charge < -0.3 is 0 Å². The molecule has 0 fully saturated rings. The molecule has 0 amide bonds. The van der Waals surface area contributed by atoms with Gasteiger partial charge in [0.2, 0.25) is 6.43 Å². The summed E-state index contributed by atoms with van der Waals surface area (Å²) in [5.74, 6) is 0. The molecule has 0 nitrogen and oxygen atoms in total. The molecular formula is C5H9F3. The zero-order chi connectivity index (χ0) is 6.78. The highest BCUT2D eigenvalue weighted by molar-refractivity contribution is 4.68. The van der Waals surface area contributed by atoms with E-state index in [1.54, 1.807) is 0 Å². The molecule has 0 saturated carbocycles. The molecule has 0 saturated heterocycles. The van der Waals surface area contributed by atoms with Gasteiger partial charge >= 0.3 is 0 Å². The molecule has 0 aliphatic heterocycles. The Morgan fingerprint density at radius 3 is 1.75 bits per heavy atom. The molecular weight excluding hydrogens is 117 g/mol. The molecule has 0 aromatic carbocycles.